The van der Waals surface area contributed by atoms with Gasteiger partial charge < -0.3 is 5.73 Å². The molecule has 1 fully saturated rings. The number of halogens is 4. The van der Waals surface area contributed by atoms with Gasteiger partial charge in [-0.1, -0.05) is 0 Å². The van der Waals surface area contributed by atoms with Gasteiger partial charge in [-0.05, 0) is 0 Å². The molecule has 0 bridgehead atoms. The topological polar surface area (TPSA) is 26.0 Å². The largest absolute Gasteiger partial charge is 0.329 e. The molecule has 0 aromatic rings. The Kier molecular flexibility index (Phi) is 1.43. The quantitative estimate of drug-likeness (QED) is 0.599. The Morgan fingerprint density at radius 3 is 1.80 bits per heavy atom. The Morgan fingerprint density at radius 1 is 1.40 bits per heavy atom. The van der Waals surface area contributed by atoms with E-state index in [4.69, 9.17) is 5.73 Å². The summed E-state index contributed by atoms with van der Waals surface area (Å²) in [5.41, 5.74) is 2.58. The molecule has 1 unspecified atom stereocenters. The van der Waals surface area contributed by atoms with Gasteiger partial charge in [0, 0.05) is 13.0 Å². The molecular formula is C5H7F4N. The highest BCUT2D eigenvalue weighted by atomic mass is 19.3. The summed E-state index contributed by atoms with van der Waals surface area (Å²) in [6, 6.07) is 0. The predicted octanol–water partition coefficient (Wildman–Crippen LogP) is 1.24. The zero-order valence-corrected chi connectivity index (χ0v) is 5.08. The average molecular weight is 157 g/mol. The molecule has 1 saturated carbocycles. The van der Waals surface area contributed by atoms with Crippen LogP contribution in [0.4, 0.5) is 17.6 Å². The lowest BCUT2D eigenvalue weighted by atomic mass is 10.1. The molecular weight excluding hydrogens is 150 g/mol. The van der Waals surface area contributed by atoms with Gasteiger partial charge in [0.15, 0.2) is 0 Å². The summed E-state index contributed by atoms with van der Waals surface area (Å²) in [4.78, 5) is 0. The van der Waals surface area contributed by atoms with E-state index in [1.54, 1.807) is 0 Å². The third kappa shape index (κ3) is 0.729. The van der Waals surface area contributed by atoms with Crippen LogP contribution in [0.5, 0.6) is 0 Å². The van der Waals surface area contributed by atoms with Crippen LogP contribution in [0, 0.1) is 5.41 Å². The Bertz CT molecular complexity index is 147. The summed E-state index contributed by atoms with van der Waals surface area (Å²) >= 11 is 0. The number of hydrogen-bond donors (Lipinski definition) is 1. The molecule has 1 atom stereocenters. The number of hydrogen-bond acceptors (Lipinski definition) is 1. The fourth-order valence-electron chi connectivity index (χ4n) is 0.899. The summed E-state index contributed by atoms with van der Waals surface area (Å²) in [5, 5.41) is 0. The van der Waals surface area contributed by atoms with Crippen molar-refractivity contribution >= 4 is 0 Å². The third-order valence-corrected chi connectivity index (χ3v) is 1.92. The number of nitrogens with two attached hydrogens (primary N) is 1. The van der Waals surface area contributed by atoms with Crippen molar-refractivity contribution in [2.75, 3.05) is 6.54 Å². The highest BCUT2D eigenvalue weighted by molar-refractivity contribution is 5.12. The van der Waals surface area contributed by atoms with Crippen LogP contribution >= 0.6 is 0 Å². The summed E-state index contributed by atoms with van der Waals surface area (Å²) < 4.78 is 47.9. The van der Waals surface area contributed by atoms with Crippen molar-refractivity contribution in [1.82, 2.24) is 0 Å². The monoisotopic (exact) mass is 157 g/mol. The van der Waals surface area contributed by atoms with Crippen molar-refractivity contribution < 1.29 is 17.6 Å². The summed E-state index contributed by atoms with van der Waals surface area (Å²) in [6.45, 7) is -0.641. The van der Waals surface area contributed by atoms with E-state index in [-0.39, 0.29) is 0 Å². The standard InChI is InChI=1S/C5H7F4N/c6-3(7)4(2-10)1-5(4,8)9/h3H,1-2,10H2. The minimum absolute atomic E-state index is 0.641. The van der Waals surface area contributed by atoms with Crippen LogP contribution in [0.25, 0.3) is 0 Å². The highest BCUT2D eigenvalue weighted by Crippen LogP contribution is 2.62. The zero-order chi connectivity index (χ0) is 7.99. The molecule has 0 aromatic heterocycles. The molecule has 0 amide bonds. The van der Waals surface area contributed by atoms with E-state index < -0.39 is 30.7 Å². The van der Waals surface area contributed by atoms with E-state index >= 15 is 0 Å². The number of alkyl halides is 4. The SMILES string of the molecule is NCC1(C(F)F)CC1(F)F. The predicted molar refractivity (Wildman–Crippen MR) is 27.1 cm³/mol. The lowest BCUT2D eigenvalue weighted by Gasteiger charge is -2.10. The summed E-state index contributed by atoms with van der Waals surface area (Å²) in [5.74, 6) is -3.24. The molecule has 0 radical (unpaired) electrons. The molecule has 1 aliphatic carbocycles. The van der Waals surface area contributed by atoms with Gasteiger partial charge in [-0.2, -0.15) is 0 Å². The maximum atomic E-state index is 12.1. The molecule has 2 N–H and O–H groups in total. The molecule has 1 nitrogen and oxygen atoms in total. The first-order valence-corrected chi connectivity index (χ1v) is 2.82. The van der Waals surface area contributed by atoms with Crippen molar-refractivity contribution in [2.45, 2.75) is 18.8 Å². The molecule has 1 aliphatic rings. The van der Waals surface area contributed by atoms with Gasteiger partial charge in [-0.3, -0.25) is 0 Å². The molecule has 1 rings (SSSR count). The number of rotatable bonds is 2. The first kappa shape index (κ1) is 7.78. The Morgan fingerprint density at radius 2 is 1.80 bits per heavy atom. The van der Waals surface area contributed by atoms with Gasteiger partial charge >= 0.3 is 0 Å². The van der Waals surface area contributed by atoms with Crippen LogP contribution in [0.15, 0.2) is 0 Å². The fourth-order valence-corrected chi connectivity index (χ4v) is 0.899. The van der Waals surface area contributed by atoms with Gasteiger partial charge in [0.25, 0.3) is 12.3 Å². The second kappa shape index (κ2) is 1.84. The van der Waals surface area contributed by atoms with Crippen LogP contribution in [-0.2, 0) is 0 Å². The van der Waals surface area contributed by atoms with Crippen LogP contribution < -0.4 is 5.73 Å². The van der Waals surface area contributed by atoms with Crippen molar-refractivity contribution in [3.63, 3.8) is 0 Å². The minimum atomic E-state index is -3.24. The van der Waals surface area contributed by atoms with E-state index in [0.717, 1.165) is 0 Å². The molecule has 60 valence electrons. The van der Waals surface area contributed by atoms with E-state index in [1.165, 1.54) is 0 Å². The van der Waals surface area contributed by atoms with E-state index in [2.05, 4.69) is 0 Å². The second-order valence-electron chi connectivity index (χ2n) is 2.54. The van der Waals surface area contributed by atoms with Gasteiger partial charge in [0.1, 0.15) is 5.41 Å². The molecule has 10 heavy (non-hydrogen) atoms. The first-order valence-electron chi connectivity index (χ1n) is 2.82. The van der Waals surface area contributed by atoms with E-state index in [0.29, 0.717) is 0 Å². The molecule has 0 heterocycles. The van der Waals surface area contributed by atoms with Crippen LogP contribution in [0.3, 0.4) is 0 Å². The lowest BCUT2D eigenvalue weighted by molar-refractivity contribution is -0.0214. The van der Waals surface area contributed by atoms with E-state index in [9.17, 15) is 17.6 Å². The van der Waals surface area contributed by atoms with E-state index in [1.807, 2.05) is 0 Å². The van der Waals surface area contributed by atoms with Gasteiger partial charge in [0.2, 0.25) is 0 Å². The summed E-state index contributed by atoms with van der Waals surface area (Å²) in [7, 11) is 0. The normalized spacial score (nSPS) is 36.6. The van der Waals surface area contributed by atoms with Crippen LogP contribution in [0.1, 0.15) is 6.42 Å². The van der Waals surface area contributed by atoms with Gasteiger partial charge in [-0.25, -0.2) is 17.6 Å². The average Bonchev–Trinajstić information content (AvgIpc) is 2.35. The van der Waals surface area contributed by atoms with Crippen molar-refractivity contribution in [3.8, 4) is 0 Å². The molecule has 0 aliphatic heterocycles. The van der Waals surface area contributed by atoms with Gasteiger partial charge in [-0.15, -0.1) is 0 Å². The molecule has 0 saturated heterocycles. The van der Waals surface area contributed by atoms with Crippen molar-refractivity contribution in [3.05, 3.63) is 0 Å². The first-order chi connectivity index (χ1) is 4.46. The molecule has 0 spiro atoms. The maximum absolute atomic E-state index is 12.1. The van der Waals surface area contributed by atoms with Crippen LogP contribution in [-0.4, -0.2) is 18.9 Å². The fraction of sp³-hybridized carbons (Fsp3) is 1.00. The second-order valence-corrected chi connectivity index (χ2v) is 2.54. The lowest BCUT2D eigenvalue weighted by Crippen LogP contribution is -2.29. The smallest absolute Gasteiger partial charge is 0.261 e. The summed E-state index contributed by atoms with van der Waals surface area (Å²) in [6.07, 6.45) is -3.78. The van der Waals surface area contributed by atoms with Crippen LogP contribution in [0.2, 0.25) is 0 Å². The molecule has 0 aromatic carbocycles. The Balaban J connectivity index is 2.68. The third-order valence-electron chi connectivity index (χ3n) is 1.92. The van der Waals surface area contributed by atoms with Crippen molar-refractivity contribution in [2.24, 2.45) is 11.1 Å². The molecule has 5 heteroatoms. The zero-order valence-electron chi connectivity index (χ0n) is 5.08. The van der Waals surface area contributed by atoms with Crippen molar-refractivity contribution in [1.29, 1.82) is 0 Å². The Labute approximate surface area is 55.2 Å². The minimum Gasteiger partial charge on any atom is -0.329 e. The Hall–Kier alpha value is -0.320. The maximum Gasteiger partial charge on any atom is 0.261 e. The van der Waals surface area contributed by atoms with Gasteiger partial charge in [0.05, 0.1) is 0 Å². The highest BCUT2D eigenvalue weighted by Gasteiger charge is 2.75.